The molecule has 0 bridgehead atoms. The van der Waals surface area contributed by atoms with Crippen molar-refractivity contribution in [2.75, 3.05) is 35.0 Å². The number of rotatable bonds is 9. The number of aliphatic imine (C=N–C) groups is 1. The Bertz CT molecular complexity index is 799. The fourth-order valence-electron chi connectivity index (χ4n) is 2.82. The number of ether oxygens (including phenoxy) is 4. The number of guanidine groups is 1. The van der Waals surface area contributed by atoms with Crippen LogP contribution in [0.3, 0.4) is 0 Å². The molecule has 2 aromatic rings. The molecule has 2 N–H and O–H groups in total. The second-order valence-electron chi connectivity index (χ2n) is 5.85. The smallest absolute Gasteiger partial charge is 0.203 e. The number of hydrogen-bond acceptors (Lipinski definition) is 5. The van der Waals surface area contributed by atoms with Crippen molar-refractivity contribution in [2.24, 2.45) is 4.99 Å². The molecule has 7 nitrogen and oxygen atoms in total. The molecule has 0 unspecified atom stereocenters. The van der Waals surface area contributed by atoms with Crippen molar-refractivity contribution >= 4 is 29.9 Å². The molecule has 0 heterocycles. The number of methoxy groups -OCH3 is 4. The molecule has 29 heavy (non-hydrogen) atoms. The van der Waals surface area contributed by atoms with E-state index in [4.69, 9.17) is 18.9 Å². The second-order valence-corrected chi connectivity index (χ2v) is 5.85. The van der Waals surface area contributed by atoms with Gasteiger partial charge in [0.2, 0.25) is 5.75 Å². The highest BCUT2D eigenvalue weighted by molar-refractivity contribution is 14.0. The predicted molar refractivity (Wildman–Crippen MR) is 126 cm³/mol. The van der Waals surface area contributed by atoms with E-state index in [0.717, 1.165) is 23.4 Å². The van der Waals surface area contributed by atoms with Gasteiger partial charge in [0.1, 0.15) is 5.75 Å². The number of hydrogen-bond donors (Lipinski definition) is 2. The normalized spacial score (nSPS) is 10.6. The summed E-state index contributed by atoms with van der Waals surface area (Å²) in [6.07, 6.45) is 0. The van der Waals surface area contributed by atoms with E-state index in [1.54, 1.807) is 28.4 Å². The maximum absolute atomic E-state index is 5.53. The van der Waals surface area contributed by atoms with Gasteiger partial charge in [0.05, 0.1) is 35.0 Å². The van der Waals surface area contributed by atoms with Gasteiger partial charge in [0.25, 0.3) is 0 Å². The average Bonchev–Trinajstić information content (AvgIpc) is 2.74. The largest absolute Gasteiger partial charge is 0.496 e. The highest BCUT2D eigenvalue weighted by Gasteiger charge is 2.15. The first-order chi connectivity index (χ1) is 13.7. The van der Waals surface area contributed by atoms with E-state index >= 15 is 0 Å². The third-order valence-electron chi connectivity index (χ3n) is 4.18. The lowest BCUT2D eigenvalue weighted by molar-refractivity contribution is 0.322. The highest BCUT2D eigenvalue weighted by Crippen LogP contribution is 2.39. The summed E-state index contributed by atoms with van der Waals surface area (Å²) in [4.78, 5) is 4.67. The van der Waals surface area contributed by atoms with Crippen LogP contribution >= 0.6 is 24.0 Å². The third-order valence-corrected chi connectivity index (χ3v) is 4.18. The van der Waals surface area contributed by atoms with Crippen LogP contribution in [0.2, 0.25) is 0 Å². The molecule has 0 saturated heterocycles. The molecule has 2 aromatic carbocycles. The Kier molecular flexibility index (Phi) is 11.0. The van der Waals surface area contributed by atoms with Crippen LogP contribution in [-0.2, 0) is 13.1 Å². The number of halogens is 1. The van der Waals surface area contributed by atoms with Crippen molar-refractivity contribution in [2.45, 2.75) is 20.0 Å². The van der Waals surface area contributed by atoms with Crippen LogP contribution in [0.25, 0.3) is 0 Å². The lowest BCUT2D eigenvalue weighted by Crippen LogP contribution is -2.36. The molecule has 0 fully saturated rings. The topological polar surface area (TPSA) is 73.3 Å². The maximum atomic E-state index is 5.53. The van der Waals surface area contributed by atoms with Gasteiger partial charge >= 0.3 is 0 Å². The van der Waals surface area contributed by atoms with Gasteiger partial charge in [-0.05, 0) is 25.1 Å². The highest BCUT2D eigenvalue weighted by atomic mass is 127. The summed E-state index contributed by atoms with van der Waals surface area (Å²) in [6.45, 7) is 3.79. The molecule has 8 heteroatoms. The molecule has 0 aliphatic heterocycles. The Morgan fingerprint density at radius 3 is 2.10 bits per heavy atom. The van der Waals surface area contributed by atoms with E-state index < -0.39 is 0 Å². The second kappa shape index (κ2) is 13.0. The molecule has 160 valence electrons. The van der Waals surface area contributed by atoms with Crippen molar-refractivity contribution in [3.8, 4) is 23.0 Å². The molecular formula is C21H30IN3O4. The monoisotopic (exact) mass is 515 g/mol. The minimum Gasteiger partial charge on any atom is -0.496 e. The zero-order valence-electron chi connectivity index (χ0n) is 17.6. The Hall–Kier alpha value is -2.36. The maximum Gasteiger partial charge on any atom is 0.203 e. The zero-order valence-corrected chi connectivity index (χ0v) is 19.9. The fraction of sp³-hybridized carbons (Fsp3) is 0.381. The molecule has 2 rings (SSSR count). The number of benzene rings is 2. The summed E-state index contributed by atoms with van der Waals surface area (Å²) in [5.74, 6) is 3.33. The first-order valence-corrected chi connectivity index (χ1v) is 9.10. The van der Waals surface area contributed by atoms with Crippen LogP contribution in [0.15, 0.2) is 41.4 Å². The Morgan fingerprint density at radius 2 is 1.48 bits per heavy atom. The van der Waals surface area contributed by atoms with E-state index in [0.29, 0.717) is 36.3 Å². The number of nitrogens with zero attached hydrogens (tertiary/aromatic N) is 1. The van der Waals surface area contributed by atoms with Crippen molar-refractivity contribution < 1.29 is 18.9 Å². The fourth-order valence-corrected chi connectivity index (χ4v) is 2.82. The minimum atomic E-state index is 0. The van der Waals surface area contributed by atoms with Crippen molar-refractivity contribution in [1.82, 2.24) is 10.6 Å². The van der Waals surface area contributed by atoms with Crippen LogP contribution in [0.5, 0.6) is 23.0 Å². The zero-order chi connectivity index (χ0) is 20.4. The molecule has 0 radical (unpaired) electrons. The first kappa shape index (κ1) is 24.7. The summed E-state index contributed by atoms with van der Waals surface area (Å²) >= 11 is 0. The van der Waals surface area contributed by atoms with Gasteiger partial charge in [0.15, 0.2) is 17.5 Å². The number of nitrogens with one attached hydrogen (secondary N) is 2. The van der Waals surface area contributed by atoms with Gasteiger partial charge in [-0.1, -0.05) is 18.2 Å². The van der Waals surface area contributed by atoms with Gasteiger partial charge in [0, 0.05) is 24.2 Å². The lowest BCUT2D eigenvalue weighted by atomic mass is 10.1. The van der Waals surface area contributed by atoms with Crippen LogP contribution < -0.4 is 29.6 Å². The Morgan fingerprint density at radius 1 is 0.793 bits per heavy atom. The lowest BCUT2D eigenvalue weighted by Gasteiger charge is -2.16. The van der Waals surface area contributed by atoms with E-state index in [2.05, 4.69) is 15.6 Å². The minimum absolute atomic E-state index is 0. The molecule has 0 atom stereocenters. The summed E-state index contributed by atoms with van der Waals surface area (Å²) in [6, 6.07) is 11.7. The van der Waals surface area contributed by atoms with E-state index in [1.165, 1.54) is 0 Å². The van der Waals surface area contributed by atoms with Gasteiger partial charge in [-0.3, -0.25) is 0 Å². The third kappa shape index (κ3) is 6.59. The SMILES string of the molecule is CCNC(=NCc1ccc(OC)c(OC)c1OC)NCc1ccccc1OC.I. The van der Waals surface area contributed by atoms with E-state index in [9.17, 15) is 0 Å². The standard InChI is InChI=1S/C21H29N3O4.HI/c1-6-22-21(23-13-15-9-7-8-10-17(15)25-2)24-14-16-11-12-18(26-3)20(28-5)19(16)27-4;/h7-12H,6,13-14H2,1-5H3,(H2,22,23,24);1H. The predicted octanol–water partition coefficient (Wildman–Crippen LogP) is 3.59. The van der Waals surface area contributed by atoms with E-state index in [1.807, 2.05) is 43.3 Å². The first-order valence-electron chi connectivity index (χ1n) is 9.10. The van der Waals surface area contributed by atoms with E-state index in [-0.39, 0.29) is 24.0 Å². The summed E-state index contributed by atoms with van der Waals surface area (Å²) in [5.41, 5.74) is 1.95. The molecule has 0 spiro atoms. The van der Waals surface area contributed by atoms with Crippen LogP contribution in [-0.4, -0.2) is 40.9 Å². The van der Waals surface area contributed by atoms with Gasteiger partial charge < -0.3 is 29.6 Å². The Balaban J connectivity index is 0.00000420. The van der Waals surface area contributed by atoms with Crippen LogP contribution in [0, 0.1) is 0 Å². The molecule has 0 amide bonds. The van der Waals surface area contributed by atoms with Crippen LogP contribution in [0.4, 0.5) is 0 Å². The summed E-state index contributed by atoms with van der Waals surface area (Å²) in [7, 11) is 6.46. The Labute approximate surface area is 189 Å². The summed E-state index contributed by atoms with van der Waals surface area (Å²) < 4.78 is 21.7. The molecule has 0 saturated carbocycles. The average molecular weight is 515 g/mol. The van der Waals surface area contributed by atoms with Crippen molar-refractivity contribution in [3.05, 3.63) is 47.5 Å². The molecule has 0 aliphatic carbocycles. The van der Waals surface area contributed by atoms with Gasteiger partial charge in [-0.15, -0.1) is 24.0 Å². The van der Waals surface area contributed by atoms with Gasteiger partial charge in [-0.2, -0.15) is 0 Å². The molecular weight excluding hydrogens is 485 g/mol. The summed E-state index contributed by atoms with van der Waals surface area (Å²) in [5, 5.41) is 6.58. The van der Waals surface area contributed by atoms with Crippen LogP contribution in [0.1, 0.15) is 18.1 Å². The van der Waals surface area contributed by atoms with Crippen molar-refractivity contribution in [1.29, 1.82) is 0 Å². The van der Waals surface area contributed by atoms with Crippen molar-refractivity contribution in [3.63, 3.8) is 0 Å². The molecule has 0 aliphatic rings. The van der Waals surface area contributed by atoms with Gasteiger partial charge in [-0.25, -0.2) is 4.99 Å². The number of para-hydroxylation sites is 1. The quantitative estimate of drug-likeness (QED) is 0.302. The molecule has 0 aromatic heterocycles.